The lowest BCUT2D eigenvalue weighted by molar-refractivity contribution is 0.414. The number of rotatable bonds is 4. The quantitative estimate of drug-likeness (QED) is 0.810. The number of ether oxygens (including phenoxy) is 2. The summed E-state index contributed by atoms with van der Waals surface area (Å²) < 4.78 is 10.4. The van der Waals surface area contributed by atoms with Gasteiger partial charge in [0.1, 0.15) is 11.5 Å². The first-order valence-corrected chi connectivity index (χ1v) is 7.29. The standard InChI is InChI=1S/C19H20O2/c1-20-18-9-5-14(6-10-18)16-3-4-17(13-16)15-7-11-19(21-2)12-8-15/h5-13,16H,3-4H2,1-2H3. The molecule has 0 radical (unpaired) electrons. The Kier molecular flexibility index (Phi) is 3.96. The maximum absolute atomic E-state index is 5.22. The van der Waals surface area contributed by atoms with E-state index in [-0.39, 0.29) is 0 Å². The van der Waals surface area contributed by atoms with E-state index in [2.05, 4.69) is 30.3 Å². The van der Waals surface area contributed by atoms with Crippen molar-refractivity contribution in [2.75, 3.05) is 14.2 Å². The van der Waals surface area contributed by atoms with Crippen molar-refractivity contribution in [1.82, 2.24) is 0 Å². The summed E-state index contributed by atoms with van der Waals surface area (Å²) in [4.78, 5) is 0. The van der Waals surface area contributed by atoms with E-state index in [0.29, 0.717) is 5.92 Å². The number of benzene rings is 2. The first kappa shape index (κ1) is 13.7. The van der Waals surface area contributed by atoms with Crippen molar-refractivity contribution in [3.05, 3.63) is 65.7 Å². The van der Waals surface area contributed by atoms with Crippen LogP contribution in [0.5, 0.6) is 11.5 Å². The molecular formula is C19H20O2. The highest BCUT2D eigenvalue weighted by molar-refractivity contribution is 5.69. The summed E-state index contributed by atoms with van der Waals surface area (Å²) in [5, 5.41) is 0. The van der Waals surface area contributed by atoms with Gasteiger partial charge in [0.2, 0.25) is 0 Å². The van der Waals surface area contributed by atoms with Crippen LogP contribution in [0.4, 0.5) is 0 Å². The van der Waals surface area contributed by atoms with E-state index >= 15 is 0 Å². The molecule has 2 heteroatoms. The second-order valence-electron chi connectivity index (χ2n) is 5.34. The Morgan fingerprint density at radius 2 is 1.38 bits per heavy atom. The van der Waals surface area contributed by atoms with Crippen molar-refractivity contribution in [2.45, 2.75) is 18.8 Å². The number of hydrogen-bond donors (Lipinski definition) is 0. The largest absolute Gasteiger partial charge is 0.497 e. The van der Waals surface area contributed by atoms with Gasteiger partial charge in [0.15, 0.2) is 0 Å². The summed E-state index contributed by atoms with van der Waals surface area (Å²) in [6, 6.07) is 16.7. The first-order chi connectivity index (χ1) is 10.3. The molecule has 3 rings (SSSR count). The molecule has 0 aromatic heterocycles. The minimum absolute atomic E-state index is 0.507. The molecule has 2 aromatic carbocycles. The van der Waals surface area contributed by atoms with Crippen LogP contribution in [-0.2, 0) is 0 Å². The highest BCUT2D eigenvalue weighted by Crippen LogP contribution is 2.38. The molecule has 21 heavy (non-hydrogen) atoms. The highest BCUT2D eigenvalue weighted by Gasteiger charge is 2.18. The van der Waals surface area contributed by atoms with Crippen LogP contribution in [0, 0.1) is 0 Å². The topological polar surface area (TPSA) is 18.5 Å². The van der Waals surface area contributed by atoms with Crippen LogP contribution in [0.1, 0.15) is 29.9 Å². The van der Waals surface area contributed by atoms with Crippen LogP contribution in [0.2, 0.25) is 0 Å². The zero-order valence-corrected chi connectivity index (χ0v) is 12.5. The molecule has 0 N–H and O–H groups in total. The Morgan fingerprint density at radius 3 is 1.95 bits per heavy atom. The van der Waals surface area contributed by atoms with Gasteiger partial charge in [-0.3, -0.25) is 0 Å². The second-order valence-corrected chi connectivity index (χ2v) is 5.34. The zero-order valence-electron chi connectivity index (χ0n) is 12.5. The molecule has 0 saturated heterocycles. The summed E-state index contributed by atoms with van der Waals surface area (Å²) >= 11 is 0. The molecule has 2 nitrogen and oxygen atoms in total. The lowest BCUT2D eigenvalue weighted by Crippen LogP contribution is -1.90. The predicted molar refractivity (Wildman–Crippen MR) is 85.9 cm³/mol. The van der Waals surface area contributed by atoms with Crippen molar-refractivity contribution < 1.29 is 9.47 Å². The normalized spacial score (nSPS) is 17.4. The summed E-state index contributed by atoms with van der Waals surface area (Å²) in [5.41, 5.74) is 4.09. The fraction of sp³-hybridized carbons (Fsp3) is 0.263. The van der Waals surface area contributed by atoms with Crippen LogP contribution in [0.25, 0.3) is 5.57 Å². The van der Waals surface area contributed by atoms with Gasteiger partial charge in [0.25, 0.3) is 0 Å². The molecule has 0 heterocycles. The Bertz CT molecular complexity index is 624. The lowest BCUT2D eigenvalue weighted by Gasteiger charge is -2.08. The number of methoxy groups -OCH3 is 2. The minimum atomic E-state index is 0.507. The molecule has 1 aliphatic rings. The molecule has 0 aliphatic heterocycles. The van der Waals surface area contributed by atoms with Crippen LogP contribution in [0.3, 0.4) is 0 Å². The third kappa shape index (κ3) is 2.94. The average molecular weight is 280 g/mol. The molecule has 0 amide bonds. The average Bonchev–Trinajstić information content (AvgIpc) is 3.05. The van der Waals surface area contributed by atoms with Crippen molar-refractivity contribution >= 4 is 5.57 Å². The smallest absolute Gasteiger partial charge is 0.118 e. The Hall–Kier alpha value is -2.22. The molecule has 1 aliphatic carbocycles. The molecule has 1 unspecified atom stereocenters. The van der Waals surface area contributed by atoms with Crippen LogP contribution in [-0.4, -0.2) is 14.2 Å². The van der Waals surface area contributed by atoms with Gasteiger partial charge in [-0.05, 0) is 53.8 Å². The first-order valence-electron chi connectivity index (χ1n) is 7.29. The number of allylic oxidation sites excluding steroid dienone is 2. The van der Waals surface area contributed by atoms with Crippen LogP contribution >= 0.6 is 0 Å². The third-order valence-corrected chi connectivity index (χ3v) is 4.13. The molecule has 1 atom stereocenters. The summed E-state index contributed by atoms with van der Waals surface area (Å²) in [5.74, 6) is 2.33. The van der Waals surface area contributed by atoms with Crippen LogP contribution in [0.15, 0.2) is 54.6 Å². The Morgan fingerprint density at radius 1 is 0.810 bits per heavy atom. The zero-order chi connectivity index (χ0) is 14.7. The van der Waals surface area contributed by atoms with Crippen molar-refractivity contribution in [3.8, 4) is 11.5 Å². The monoisotopic (exact) mass is 280 g/mol. The Balaban J connectivity index is 1.79. The van der Waals surface area contributed by atoms with E-state index in [1.165, 1.54) is 23.1 Å². The lowest BCUT2D eigenvalue weighted by atomic mass is 9.99. The van der Waals surface area contributed by atoms with E-state index in [1.807, 2.05) is 24.3 Å². The summed E-state index contributed by atoms with van der Waals surface area (Å²) in [6.07, 6.45) is 4.69. The Labute approximate surface area is 126 Å². The maximum atomic E-state index is 5.22. The molecule has 2 aromatic rings. The van der Waals surface area contributed by atoms with E-state index in [4.69, 9.17) is 9.47 Å². The third-order valence-electron chi connectivity index (χ3n) is 4.13. The highest BCUT2D eigenvalue weighted by atomic mass is 16.5. The van der Waals surface area contributed by atoms with Gasteiger partial charge in [0.05, 0.1) is 14.2 Å². The fourth-order valence-corrected chi connectivity index (χ4v) is 2.88. The predicted octanol–water partition coefficient (Wildman–Crippen LogP) is 4.66. The van der Waals surface area contributed by atoms with Crippen molar-refractivity contribution in [2.24, 2.45) is 0 Å². The molecular weight excluding hydrogens is 260 g/mol. The van der Waals surface area contributed by atoms with Gasteiger partial charge < -0.3 is 9.47 Å². The van der Waals surface area contributed by atoms with Gasteiger partial charge in [-0.2, -0.15) is 0 Å². The van der Waals surface area contributed by atoms with Gasteiger partial charge in [-0.15, -0.1) is 0 Å². The number of hydrogen-bond acceptors (Lipinski definition) is 2. The molecule has 0 bridgehead atoms. The van der Waals surface area contributed by atoms with Gasteiger partial charge in [-0.25, -0.2) is 0 Å². The molecule has 108 valence electrons. The fourth-order valence-electron chi connectivity index (χ4n) is 2.88. The summed E-state index contributed by atoms with van der Waals surface area (Å²) in [6.45, 7) is 0. The van der Waals surface area contributed by atoms with E-state index in [9.17, 15) is 0 Å². The maximum Gasteiger partial charge on any atom is 0.118 e. The minimum Gasteiger partial charge on any atom is -0.497 e. The van der Waals surface area contributed by atoms with Crippen molar-refractivity contribution in [1.29, 1.82) is 0 Å². The van der Waals surface area contributed by atoms with Crippen molar-refractivity contribution in [3.63, 3.8) is 0 Å². The van der Waals surface area contributed by atoms with E-state index in [0.717, 1.165) is 17.9 Å². The molecule has 0 spiro atoms. The SMILES string of the molecule is COc1ccc(C2=CC(c3ccc(OC)cc3)CC2)cc1. The van der Waals surface area contributed by atoms with E-state index < -0.39 is 0 Å². The molecule has 0 saturated carbocycles. The van der Waals surface area contributed by atoms with Gasteiger partial charge >= 0.3 is 0 Å². The van der Waals surface area contributed by atoms with E-state index in [1.54, 1.807) is 14.2 Å². The van der Waals surface area contributed by atoms with Gasteiger partial charge in [0, 0.05) is 5.92 Å². The van der Waals surface area contributed by atoms with Gasteiger partial charge in [-0.1, -0.05) is 30.3 Å². The second kappa shape index (κ2) is 6.04. The summed E-state index contributed by atoms with van der Waals surface area (Å²) in [7, 11) is 3.40. The molecule has 0 fully saturated rings. The van der Waals surface area contributed by atoms with Crippen LogP contribution < -0.4 is 9.47 Å².